The summed E-state index contributed by atoms with van der Waals surface area (Å²) < 4.78 is 10.9. The number of hydrogen-bond acceptors (Lipinski definition) is 3. The number of aliphatic hydroxyl groups excluding tert-OH is 1. The highest BCUT2D eigenvalue weighted by molar-refractivity contribution is 5.83. The molecule has 1 aromatic carbocycles. The Labute approximate surface area is 93.6 Å². The fraction of sp³-hybridized carbons (Fsp3) is 0.385. The number of aliphatic hydroxyl groups is 1. The molecular formula is C13H14O3. The van der Waals surface area contributed by atoms with Crippen molar-refractivity contribution >= 4 is 11.0 Å². The van der Waals surface area contributed by atoms with Gasteiger partial charge in [0.25, 0.3) is 0 Å². The van der Waals surface area contributed by atoms with Crippen LogP contribution >= 0.6 is 0 Å². The van der Waals surface area contributed by atoms with Gasteiger partial charge in [0.1, 0.15) is 11.9 Å². The highest BCUT2D eigenvalue weighted by Crippen LogP contribution is 2.43. The Morgan fingerprint density at radius 3 is 2.94 bits per heavy atom. The maximum atomic E-state index is 9.99. The molecule has 16 heavy (non-hydrogen) atoms. The lowest BCUT2D eigenvalue weighted by molar-refractivity contribution is 0.129. The molecule has 3 rings (SSSR count). The summed E-state index contributed by atoms with van der Waals surface area (Å²) >= 11 is 0. The molecule has 0 spiro atoms. The number of furan rings is 1. The van der Waals surface area contributed by atoms with E-state index in [1.54, 1.807) is 7.11 Å². The summed E-state index contributed by atoms with van der Waals surface area (Å²) in [7, 11) is 1.62. The summed E-state index contributed by atoms with van der Waals surface area (Å²) in [5.41, 5.74) is 0.722. The summed E-state index contributed by atoms with van der Waals surface area (Å²) in [5, 5.41) is 11.0. The number of para-hydroxylation sites is 1. The SMILES string of the molecule is COc1cccc2cc(C(O)C3CC3)oc12. The van der Waals surface area contributed by atoms with E-state index >= 15 is 0 Å². The Morgan fingerprint density at radius 1 is 1.44 bits per heavy atom. The van der Waals surface area contributed by atoms with Gasteiger partial charge in [0.2, 0.25) is 0 Å². The minimum atomic E-state index is -0.461. The van der Waals surface area contributed by atoms with E-state index in [2.05, 4.69) is 0 Å². The number of ether oxygens (including phenoxy) is 1. The molecule has 1 heterocycles. The summed E-state index contributed by atoms with van der Waals surface area (Å²) in [6, 6.07) is 7.65. The molecule has 84 valence electrons. The largest absolute Gasteiger partial charge is 0.493 e. The smallest absolute Gasteiger partial charge is 0.176 e. The molecule has 2 aromatic rings. The van der Waals surface area contributed by atoms with Gasteiger partial charge in [-0.2, -0.15) is 0 Å². The molecule has 1 aliphatic carbocycles. The van der Waals surface area contributed by atoms with E-state index in [-0.39, 0.29) is 0 Å². The van der Waals surface area contributed by atoms with Crippen LogP contribution in [0.3, 0.4) is 0 Å². The van der Waals surface area contributed by atoms with Gasteiger partial charge in [-0.25, -0.2) is 0 Å². The van der Waals surface area contributed by atoms with E-state index in [0.717, 1.165) is 23.8 Å². The van der Waals surface area contributed by atoms with Gasteiger partial charge < -0.3 is 14.3 Å². The van der Waals surface area contributed by atoms with Gasteiger partial charge in [-0.1, -0.05) is 12.1 Å². The highest BCUT2D eigenvalue weighted by Gasteiger charge is 2.33. The fourth-order valence-electron chi connectivity index (χ4n) is 2.01. The van der Waals surface area contributed by atoms with Gasteiger partial charge in [-0.3, -0.25) is 0 Å². The van der Waals surface area contributed by atoms with Crippen LogP contribution in [0, 0.1) is 5.92 Å². The molecule has 0 radical (unpaired) electrons. The molecule has 0 saturated heterocycles. The second kappa shape index (κ2) is 3.52. The Kier molecular flexibility index (Phi) is 2.14. The minimum Gasteiger partial charge on any atom is -0.493 e. The van der Waals surface area contributed by atoms with Gasteiger partial charge >= 0.3 is 0 Å². The average molecular weight is 218 g/mol. The van der Waals surface area contributed by atoms with Crippen LogP contribution < -0.4 is 4.74 Å². The second-order valence-electron chi connectivity index (χ2n) is 4.31. The maximum absolute atomic E-state index is 9.99. The first-order valence-electron chi connectivity index (χ1n) is 5.54. The summed E-state index contributed by atoms with van der Waals surface area (Å²) in [6.07, 6.45) is 1.72. The first-order chi connectivity index (χ1) is 7.79. The van der Waals surface area contributed by atoms with Crippen LogP contribution in [0.5, 0.6) is 5.75 Å². The minimum absolute atomic E-state index is 0.381. The quantitative estimate of drug-likeness (QED) is 0.861. The van der Waals surface area contributed by atoms with E-state index in [4.69, 9.17) is 9.15 Å². The standard InChI is InChI=1S/C13H14O3/c1-15-10-4-2-3-9-7-11(16-13(9)10)12(14)8-5-6-8/h2-4,7-8,12,14H,5-6H2,1H3. The molecule has 1 fully saturated rings. The molecule has 0 bridgehead atoms. The average Bonchev–Trinajstić information content (AvgIpc) is 3.06. The van der Waals surface area contributed by atoms with Crippen LogP contribution in [0.4, 0.5) is 0 Å². The van der Waals surface area contributed by atoms with Crippen molar-refractivity contribution in [3.63, 3.8) is 0 Å². The Morgan fingerprint density at radius 2 is 2.25 bits per heavy atom. The Hall–Kier alpha value is -1.48. The molecule has 1 saturated carbocycles. The van der Waals surface area contributed by atoms with Crippen LogP contribution in [-0.2, 0) is 0 Å². The van der Waals surface area contributed by atoms with Crippen molar-refractivity contribution in [3.05, 3.63) is 30.0 Å². The van der Waals surface area contributed by atoms with Gasteiger partial charge in [-0.15, -0.1) is 0 Å². The van der Waals surface area contributed by atoms with Crippen molar-refractivity contribution in [3.8, 4) is 5.75 Å². The molecule has 3 nitrogen and oxygen atoms in total. The topological polar surface area (TPSA) is 42.6 Å². The second-order valence-corrected chi connectivity index (χ2v) is 4.31. The molecule has 1 aromatic heterocycles. The van der Waals surface area contributed by atoms with Crippen molar-refractivity contribution in [2.45, 2.75) is 18.9 Å². The summed E-state index contributed by atoms with van der Waals surface area (Å²) in [6.45, 7) is 0. The Balaban J connectivity index is 2.07. The van der Waals surface area contributed by atoms with Gasteiger partial charge in [0, 0.05) is 5.39 Å². The van der Waals surface area contributed by atoms with Crippen LogP contribution in [0.25, 0.3) is 11.0 Å². The summed E-state index contributed by atoms with van der Waals surface area (Å²) in [5.74, 6) is 1.75. The molecule has 1 unspecified atom stereocenters. The maximum Gasteiger partial charge on any atom is 0.176 e. The van der Waals surface area contributed by atoms with Gasteiger partial charge in [-0.05, 0) is 30.9 Å². The lowest BCUT2D eigenvalue weighted by Gasteiger charge is -2.03. The predicted molar refractivity (Wildman–Crippen MR) is 60.4 cm³/mol. The lowest BCUT2D eigenvalue weighted by atomic mass is 10.1. The third kappa shape index (κ3) is 1.48. The van der Waals surface area contributed by atoms with Crippen molar-refractivity contribution in [2.75, 3.05) is 7.11 Å². The molecule has 1 atom stereocenters. The molecule has 3 heteroatoms. The lowest BCUT2D eigenvalue weighted by Crippen LogP contribution is -1.96. The van der Waals surface area contributed by atoms with E-state index in [1.807, 2.05) is 24.3 Å². The molecule has 1 N–H and O–H groups in total. The molecular weight excluding hydrogens is 204 g/mol. The fourth-order valence-corrected chi connectivity index (χ4v) is 2.01. The van der Waals surface area contributed by atoms with E-state index in [9.17, 15) is 5.11 Å². The van der Waals surface area contributed by atoms with E-state index < -0.39 is 6.10 Å². The zero-order valence-electron chi connectivity index (χ0n) is 9.14. The van der Waals surface area contributed by atoms with Crippen LogP contribution in [0.1, 0.15) is 24.7 Å². The van der Waals surface area contributed by atoms with E-state index in [1.165, 1.54) is 0 Å². The molecule has 0 aliphatic heterocycles. The zero-order chi connectivity index (χ0) is 11.1. The van der Waals surface area contributed by atoms with Crippen LogP contribution in [0.15, 0.2) is 28.7 Å². The van der Waals surface area contributed by atoms with Gasteiger partial charge in [0.15, 0.2) is 11.3 Å². The van der Waals surface area contributed by atoms with Crippen molar-refractivity contribution in [1.82, 2.24) is 0 Å². The van der Waals surface area contributed by atoms with Crippen LogP contribution in [0.2, 0.25) is 0 Å². The number of benzene rings is 1. The van der Waals surface area contributed by atoms with Crippen LogP contribution in [-0.4, -0.2) is 12.2 Å². The number of methoxy groups -OCH3 is 1. The molecule has 0 amide bonds. The normalized spacial score (nSPS) is 17.6. The zero-order valence-corrected chi connectivity index (χ0v) is 9.14. The highest BCUT2D eigenvalue weighted by atomic mass is 16.5. The summed E-state index contributed by atoms with van der Waals surface area (Å²) in [4.78, 5) is 0. The first-order valence-corrected chi connectivity index (χ1v) is 5.54. The van der Waals surface area contributed by atoms with Crippen molar-refractivity contribution in [1.29, 1.82) is 0 Å². The first kappa shape index (κ1) is 9.73. The van der Waals surface area contributed by atoms with Crippen molar-refractivity contribution in [2.24, 2.45) is 5.92 Å². The number of fused-ring (bicyclic) bond motifs is 1. The Bertz CT molecular complexity index is 511. The third-order valence-corrected chi connectivity index (χ3v) is 3.11. The predicted octanol–water partition coefficient (Wildman–Crippen LogP) is 2.88. The van der Waals surface area contributed by atoms with E-state index in [0.29, 0.717) is 17.4 Å². The van der Waals surface area contributed by atoms with Gasteiger partial charge in [0.05, 0.1) is 7.11 Å². The van der Waals surface area contributed by atoms with Crippen molar-refractivity contribution < 1.29 is 14.3 Å². The number of hydrogen-bond donors (Lipinski definition) is 1. The number of rotatable bonds is 3. The molecule has 1 aliphatic rings. The third-order valence-electron chi connectivity index (χ3n) is 3.11. The monoisotopic (exact) mass is 218 g/mol.